The normalized spacial score (nSPS) is 20.8. The van der Waals surface area contributed by atoms with Gasteiger partial charge in [-0.2, -0.15) is 0 Å². The number of carbonyl (C=O) groups is 4. The minimum atomic E-state index is -3.75. The number of imide groups is 1. The summed E-state index contributed by atoms with van der Waals surface area (Å²) in [5, 5.41) is 7.46. The fourth-order valence-electron chi connectivity index (χ4n) is 3.95. The van der Waals surface area contributed by atoms with E-state index in [0.717, 1.165) is 18.2 Å². The van der Waals surface area contributed by atoms with E-state index in [1.165, 1.54) is 31.3 Å². The van der Waals surface area contributed by atoms with Crippen LogP contribution in [0.1, 0.15) is 22.3 Å². The van der Waals surface area contributed by atoms with Gasteiger partial charge in [-0.25, -0.2) is 17.6 Å². The van der Waals surface area contributed by atoms with E-state index in [-0.39, 0.29) is 22.8 Å². The number of nitrogens with zero attached hydrogens (tertiary/aromatic N) is 1. The highest BCUT2D eigenvalue weighted by atomic mass is 32.2. The largest absolute Gasteiger partial charge is 0.355 e. The molecule has 0 bridgehead atoms. The lowest BCUT2D eigenvalue weighted by Crippen LogP contribution is -2.49. The Morgan fingerprint density at radius 1 is 1.15 bits per heavy atom. The van der Waals surface area contributed by atoms with E-state index < -0.39 is 51.3 Å². The Bertz CT molecular complexity index is 1290. The van der Waals surface area contributed by atoms with Gasteiger partial charge < -0.3 is 16.0 Å². The highest BCUT2D eigenvalue weighted by Crippen LogP contribution is 2.41. The number of hydrogen-bond acceptors (Lipinski definition) is 6. The predicted molar refractivity (Wildman–Crippen MR) is 113 cm³/mol. The Balaban J connectivity index is 1.55. The van der Waals surface area contributed by atoms with E-state index in [1.54, 1.807) is 0 Å². The maximum atomic E-state index is 13.9. The zero-order valence-corrected chi connectivity index (χ0v) is 18.2. The van der Waals surface area contributed by atoms with Crippen LogP contribution in [0.2, 0.25) is 0 Å². The van der Waals surface area contributed by atoms with Crippen molar-refractivity contribution >= 4 is 39.3 Å². The van der Waals surface area contributed by atoms with Crippen LogP contribution in [0.5, 0.6) is 0 Å². The van der Waals surface area contributed by atoms with Gasteiger partial charge in [0.1, 0.15) is 17.9 Å². The SMILES string of the molecule is CNC(=O)c1ccc(NC(=O)CN2C(=O)NC3(CCS(=O)(=O)c4ccc(F)cc43)C2=O)cc1. The summed E-state index contributed by atoms with van der Waals surface area (Å²) in [6.45, 7) is -0.638. The lowest BCUT2D eigenvalue weighted by molar-refractivity contribution is -0.134. The number of rotatable bonds is 4. The van der Waals surface area contributed by atoms with Crippen molar-refractivity contribution in [3.8, 4) is 0 Å². The highest BCUT2D eigenvalue weighted by molar-refractivity contribution is 7.91. The van der Waals surface area contributed by atoms with Crippen LogP contribution in [0.4, 0.5) is 14.9 Å². The molecule has 3 N–H and O–H groups in total. The molecule has 0 aliphatic carbocycles. The molecular formula is C21H19FN4O6S. The van der Waals surface area contributed by atoms with Gasteiger partial charge in [-0.15, -0.1) is 0 Å². The number of carbonyl (C=O) groups excluding carboxylic acids is 4. The summed E-state index contributed by atoms with van der Waals surface area (Å²) in [5.74, 6) is -3.01. The number of urea groups is 1. The number of sulfone groups is 1. The van der Waals surface area contributed by atoms with Crippen LogP contribution in [0.25, 0.3) is 0 Å². The summed E-state index contributed by atoms with van der Waals surface area (Å²) >= 11 is 0. The molecule has 5 amide bonds. The zero-order chi connectivity index (χ0) is 24.0. The van der Waals surface area contributed by atoms with Gasteiger partial charge in [0.25, 0.3) is 11.8 Å². The van der Waals surface area contributed by atoms with E-state index in [1.807, 2.05) is 0 Å². The van der Waals surface area contributed by atoms with Gasteiger partial charge in [0.2, 0.25) is 5.91 Å². The number of amides is 5. The summed E-state index contributed by atoms with van der Waals surface area (Å²) < 4.78 is 38.8. The highest BCUT2D eigenvalue weighted by Gasteiger charge is 2.56. The molecule has 0 radical (unpaired) electrons. The lowest BCUT2D eigenvalue weighted by atomic mass is 9.86. The van der Waals surface area contributed by atoms with Crippen LogP contribution in [-0.4, -0.2) is 56.4 Å². The Hall–Kier alpha value is -3.80. The number of benzene rings is 2. The third-order valence-corrected chi connectivity index (χ3v) is 7.39. The van der Waals surface area contributed by atoms with E-state index in [4.69, 9.17) is 0 Å². The molecule has 1 saturated heterocycles. The van der Waals surface area contributed by atoms with Crippen LogP contribution in [0.15, 0.2) is 47.4 Å². The molecule has 0 aromatic heterocycles. The van der Waals surface area contributed by atoms with Gasteiger partial charge in [0, 0.05) is 23.9 Å². The molecule has 2 aromatic rings. The minimum absolute atomic E-state index is 0.153. The standard InChI is InChI=1S/C21H19FN4O6S/c1-23-18(28)12-2-5-14(6-3-12)24-17(27)11-26-19(29)21(25-20(26)30)8-9-33(31,32)16-7-4-13(22)10-15(16)21/h2-7,10H,8-9,11H2,1H3,(H,23,28)(H,24,27)(H,25,30). The van der Waals surface area contributed by atoms with Gasteiger partial charge in [0.05, 0.1) is 10.6 Å². The maximum Gasteiger partial charge on any atom is 0.325 e. The summed E-state index contributed by atoms with van der Waals surface area (Å²) in [4.78, 5) is 50.3. The molecule has 2 aliphatic heterocycles. The molecule has 1 atom stereocenters. The first-order valence-electron chi connectivity index (χ1n) is 9.86. The van der Waals surface area contributed by atoms with E-state index in [2.05, 4.69) is 16.0 Å². The van der Waals surface area contributed by atoms with Crippen LogP contribution >= 0.6 is 0 Å². The molecule has 2 aromatic carbocycles. The van der Waals surface area contributed by atoms with Gasteiger partial charge in [0.15, 0.2) is 9.84 Å². The first kappa shape index (κ1) is 22.4. The van der Waals surface area contributed by atoms with Crippen LogP contribution < -0.4 is 16.0 Å². The Morgan fingerprint density at radius 3 is 2.52 bits per heavy atom. The molecule has 12 heteroatoms. The molecule has 172 valence electrons. The van der Waals surface area contributed by atoms with Gasteiger partial charge in [-0.1, -0.05) is 0 Å². The second-order valence-corrected chi connectivity index (χ2v) is 9.72. The Kier molecular flexibility index (Phi) is 5.40. The number of halogens is 1. The molecule has 1 unspecified atom stereocenters. The molecule has 0 saturated carbocycles. The van der Waals surface area contributed by atoms with Crippen molar-refractivity contribution in [2.45, 2.75) is 16.9 Å². The van der Waals surface area contributed by atoms with Crippen molar-refractivity contribution in [3.05, 3.63) is 59.4 Å². The topological polar surface area (TPSA) is 142 Å². The Morgan fingerprint density at radius 2 is 1.85 bits per heavy atom. The number of nitrogens with one attached hydrogen (secondary N) is 3. The predicted octanol–water partition coefficient (Wildman–Crippen LogP) is 0.748. The molecule has 4 rings (SSSR count). The number of hydrogen-bond donors (Lipinski definition) is 3. The van der Waals surface area contributed by atoms with E-state index >= 15 is 0 Å². The fourth-order valence-corrected chi connectivity index (χ4v) is 5.59. The molecule has 2 heterocycles. The monoisotopic (exact) mass is 474 g/mol. The maximum absolute atomic E-state index is 13.9. The van der Waals surface area contributed by atoms with Crippen LogP contribution in [0.3, 0.4) is 0 Å². The zero-order valence-electron chi connectivity index (χ0n) is 17.3. The van der Waals surface area contributed by atoms with Gasteiger partial charge >= 0.3 is 6.03 Å². The third kappa shape index (κ3) is 3.82. The van der Waals surface area contributed by atoms with E-state index in [0.29, 0.717) is 16.2 Å². The lowest BCUT2D eigenvalue weighted by Gasteiger charge is -2.32. The Labute approximate surface area is 188 Å². The second kappa shape index (κ2) is 7.96. The number of fused-ring (bicyclic) bond motifs is 2. The van der Waals surface area contributed by atoms with Crippen molar-refractivity contribution in [2.24, 2.45) is 0 Å². The van der Waals surface area contributed by atoms with Crippen molar-refractivity contribution in [2.75, 3.05) is 24.7 Å². The smallest absolute Gasteiger partial charge is 0.325 e. The average molecular weight is 474 g/mol. The quantitative estimate of drug-likeness (QED) is 0.441. The molecule has 1 fully saturated rings. The minimum Gasteiger partial charge on any atom is -0.355 e. The summed E-state index contributed by atoms with van der Waals surface area (Å²) in [5.41, 5.74) is -1.20. The van der Waals surface area contributed by atoms with Gasteiger partial charge in [-0.3, -0.25) is 19.3 Å². The number of anilines is 1. The molecule has 33 heavy (non-hydrogen) atoms. The first-order chi connectivity index (χ1) is 15.6. The fraction of sp³-hybridized carbons (Fsp3) is 0.238. The van der Waals surface area contributed by atoms with Gasteiger partial charge in [-0.05, 0) is 48.9 Å². The summed E-state index contributed by atoms with van der Waals surface area (Å²) in [7, 11) is -2.27. The van der Waals surface area contributed by atoms with Crippen LogP contribution in [-0.2, 0) is 25.0 Å². The average Bonchev–Trinajstić information content (AvgIpc) is 3.01. The molecular weight excluding hydrogens is 455 g/mol. The van der Waals surface area contributed by atoms with Crippen molar-refractivity contribution in [3.63, 3.8) is 0 Å². The third-order valence-electron chi connectivity index (χ3n) is 5.62. The van der Waals surface area contributed by atoms with Crippen LogP contribution in [0, 0.1) is 5.82 Å². The van der Waals surface area contributed by atoms with Crippen molar-refractivity contribution in [1.82, 2.24) is 15.5 Å². The molecule has 1 spiro atoms. The molecule has 10 nitrogen and oxygen atoms in total. The van der Waals surface area contributed by atoms with Crippen molar-refractivity contribution < 1.29 is 32.0 Å². The summed E-state index contributed by atoms with van der Waals surface area (Å²) in [6.07, 6.45) is -0.282. The van der Waals surface area contributed by atoms with E-state index in [9.17, 15) is 32.0 Å². The summed E-state index contributed by atoms with van der Waals surface area (Å²) in [6, 6.07) is 8.02. The van der Waals surface area contributed by atoms with Crippen molar-refractivity contribution in [1.29, 1.82) is 0 Å². The second-order valence-electron chi connectivity index (χ2n) is 7.64. The first-order valence-corrected chi connectivity index (χ1v) is 11.5. The molecule has 2 aliphatic rings.